The molecule has 4 nitrogen and oxygen atoms in total. The molecule has 0 unspecified atom stereocenters. The molecule has 5 heteroatoms. The molecular formula is C16H14BrN3O. The summed E-state index contributed by atoms with van der Waals surface area (Å²) in [4.78, 5) is 15.8. The molecule has 0 radical (unpaired) electrons. The van der Waals surface area contributed by atoms with E-state index in [1.807, 2.05) is 37.3 Å². The molecule has 0 aliphatic heterocycles. The summed E-state index contributed by atoms with van der Waals surface area (Å²) < 4.78 is 1.03. The van der Waals surface area contributed by atoms with Crippen LogP contribution in [-0.4, -0.2) is 17.1 Å². The van der Waals surface area contributed by atoms with Crippen LogP contribution in [0.15, 0.2) is 58.2 Å². The van der Waals surface area contributed by atoms with Gasteiger partial charge in [-0.3, -0.25) is 9.78 Å². The van der Waals surface area contributed by atoms with Crippen molar-refractivity contribution >= 4 is 34.1 Å². The van der Waals surface area contributed by atoms with Gasteiger partial charge in [0.2, 0.25) is 0 Å². The van der Waals surface area contributed by atoms with Crippen molar-refractivity contribution in [2.75, 3.05) is 0 Å². The van der Waals surface area contributed by atoms with Crippen LogP contribution >= 0.6 is 15.9 Å². The summed E-state index contributed by atoms with van der Waals surface area (Å²) in [7, 11) is 0. The molecule has 1 heterocycles. The Hall–Kier alpha value is -2.27. The van der Waals surface area contributed by atoms with Crippen LogP contribution in [0.5, 0.6) is 0 Å². The quantitative estimate of drug-likeness (QED) is 0.681. The minimum absolute atomic E-state index is 0.282. The standard InChI is InChI=1S/C16H14BrN3O/c1-12-4-7-14(11-18-12)16(21)20-19-10-2-3-13-5-8-15(17)9-6-13/h2-11H,1H3,(H,20,21)/b3-2+,19-10-. The predicted molar refractivity (Wildman–Crippen MR) is 88.1 cm³/mol. The topological polar surface area (TPSA) is 54.4 Å². The monoisotopic (exact) mass is 343 g/mol. The fourth-order valence-corrected chi connectivity index (χ4v) is 1.80. The van der Waals surface area contributed by atoms with E-state index in [0.29, 0.717) is 5.56 Å². The lowest BCUT2D eigenvalue weighted by molar-refractivity contribution is 0.0955. The highest BCUT2D eigenvalue weighted by atomic mass is 79.9. The van der Waals surface area contributed by atoms with E-state index in [9.17, 15) is 4.79 Å². The number of carbonyl (C=O) groups excluding carboxylic acids is 1. The lowest BCUT2D eigenvalue weighted by Crippen LogP contribution is -2.17. The van der Waals surface area contributed by atoms with Gasteiger partial charge >= 0.3 is 0 Å². The Morgan fingerprint density at radius 2 is 2.00 bits per heavy atom. The van der Waals surface area contributed by atoms with Crippen LogP contribution in [-0.2, 0) is 0 Å². The average molecular weight is 344 g/mol. The lowest BCUT2D eigenvalue weighted by atomic mass is 10.2. The minimum Gasteiger partial charge on any atom is -0.267 e. The summed E-state index contributed by atoms with van der Waals surface area (Å²) in [6, 6.07) is 11.4. The van der Waals surface area contributed by atoms with Gasteiger partial charge in [0.1, 0.15) is 0 Å². The van der Waals surface area contributed by atoms with Crippen LogP contribution < -0.4 is 5.43 Å². The van der Waals surface area contributed by atoms with E-state index in [4.69, 9.17) is 0 Å². The number of halogens is 1. The van der Waals surface area contributed by atoms with Crippen LogP contribution in [0.4, 0.5) is 0 Å². The molecule has 0 aliphatic rings. The van der Waals surface area contributed by atoms with Gasteiger partial charge in [0.05, 0.1) is 5.56 Å². The predicted octanol–water partition coefficient (Wildman–Crippen LogP) is 3.58. The Bertz CT molecular complexity index is 661. The fourth-order valence-electron chi connectivity index (χ4n) is 1.53. The first-order valence-electron chi connectivity index (χ1n) is 6.33. The summed E-state index contributed by atoms with van der Waals surface area (Å²) in [6.45, 7) is 1.87. The highest BCUT2D eigenvalue weighted by Crippen LogP contribution is 2.11. The Kier molecular flexibility index (Phi) is 5.40. The van der Waals surface area contributed by atoms with Gasteiger partial charge in [-0.25, -0.2) is 5.43 Å². The van der Waals surface area contributed by atoms with E-state index < -0.39 is 0 Å². The fraction of sp³-hybridized carbons (Fsp3) is 0.0625. The van der Waals surface area contributed by atoms with Gasteiger partial charge in [0.25, 0.3) is 5.91 Å². The largest absolute Gasteiger partial charge is 0.272 e. The van der Waals surface area contributed by atoms with Crippen molar-refractivity contribution in [1.82, 2.24) is 10.4 Å². The number of hydrogen-bond acceptors (Lipinski definition) is 3. The zero-order valence-corrected chi connectivity index (χ0v) is 13.0. The van der Waals surface area contributed by atoms with Crippen molar-refractivity contribution in [3.63, 3.8) is 0 Å². The van der Waals surface area contributed by atoms with Crippen LogP contribution in [0.3, 0.4) is 0 Å². The number of aromatic nitrogens is 1. The van der Waals surface area contributed by atoms with E-state index in [1.54, 1.807) is 18.2 Å². The van der Waals surface area contributed by atoms with Crippen LogP contribution in [0, 0.1) is 6.92 Å². The molecule has 106 valence electrons. The molecular weight excluding hydrogens is 330 g/mol. The molecule has 1 aromatic carbocycles. The number of aryl methyl sites for hydroxylation is 1. The van der Waals surface area contributed by atoms with Gasteiger partial charge in [-0.15, -0.1) is 0 Å². The van der Waals surface area contributed by atoms with E-state index in [-0.39, 0.29) is 5.91 Å². The highest BCUT2D eigenvalue weighted by molar-refractivity contribution is 9.10. The maximum atomic E-state index is 11.7. The third-order valence-corrected chi connectivity index (χ3v) is 3.19. The van der Waals surface area contributed by atoms with E-state index in [0.717, 1.165) is 15.7 Å². The number of allylic oxidation sites excluding steroid dienone is 1. The maximum Gasteiger partial charge on any atom is 0.272 e. The molecule has 0 bridgehead atoms. The van der Waals surface area contributed by atoms with Gasteiger partial charge in [0.15, 0.2) is 0 Å². The number of nitrogens with zero attached hydrogens (tertiary/aromatic N) is 2. The first kappa shape index (κ1) is 15.1. The normalized spacial score (nSPS) is 11.1. The van der Waals surface area contributed by atoms with Crippen molar-refractivity contribution in [2.24, 2.45) is 5.10 Å². The third-order valence-electron chi connectivity index (χ3n) is 2.66. The molecule has 0 fully saturated rings. The van der Waals surface area contributed by atoms with Gasteiger partial charge in [-0.05, 0) is 42.8 Å². The number of carbonyl (C=O) groups is 1. The summed E-state index contributed by atoms with van der Waals surface area (Å²) in [5.41, 5.74) is 4.85. The summed E-state index contributed by atoms with van der Waals surface area (Å²) >= 11 is 3.38. The van der Waals surface area contributed by atoms with Crippen LogP contribution in [0.2, 0.25) is 0 Å². The second-order valence-electron chi connectivity index (χ2n) is 4.32. The molecule has 0 saturated heterocycles. The minimum atomic E-state index is -0.282. The second kappa shape index (κ2) is 7.50. The Morgan fingerprint density at radius 3 is 2.67 bits per heavy atom. The van der Waals surface area contributed by atoms with Crippen molar-refractivity contribution < 1.29 is 4.79 Å². The Labute approximate surface area is 131 Å². The van der Waals surface area contributed by atoms with Crippen LogP contribution in [0.1, 0.15) is 21.6 Å². The smallest absolute Gasteiger partial charge is 0.267 e. The van der Waals surface area contributed by atoms with E-state index in [1.165, 1.54) is 12.4 Å². The SMILES string of the molecule is Cc1ccc(C(=O)N/N=C\C=C\c2ccc(Br)cc2)cn1. The Morgan fingerprint density at radius 1 is 1.24 bits per heavy atom. The molecule has 1 amide bonds. The Balaban J connectivity index is 1.86. The molecule has 0 aliphatic carbocycles. The van der Waals surface area contributed by atoms with Crippen LogP contribution in [0.25, 0.3) is 6.08 Å². The highest BCUT2D eigenvalue weighted by Gasteiger charge is 2.02. The van der Waals surface area contributed by atoms with Gasteiger partial charge in [-0.1, -0.05) is 34.1 Å². The molecule has 21 heavy (non-hydrogen) atoms. The van der Waals surface area contributed by atoms with Gasteiger partial charge in [0, 0.05) is 22.6 Å². The summed E-state index contributed by atoms with van der Waals surface area (Å²) in [5.74, 6) is -0.282. The van der Waals surface area contributed by atoms with Gasteiger partial charge in [-0.2, -0.15) is 5.10 Å². The number of nitrogens with one attached hydrogen (secondary N) is 1. The van der Waals surface area contributed by atoms with Crippen molar-refractivity contribution in [3.8, 4) is 0 Å². The number of hydrazone groups is 1. The molecule has 0 atom stereocenters. The van der Waals surface area contributed by atoms with E-state index in [2.05, 4.69) is 31.4 Å². The molecule has 2 aromatic rings. The third kappa shape index (κ3) is 4.96. The van der Waals surface area contributed by atoms with Crippen molar-refractivity contribution in [3.05, 3.63) is 70.0 Å². The number of benzene rings is 1. The lowest BCUT2D eigenvalue weighted by Gasteiger charge is -1.98. The molecule has 1 N–H and O–H groups in total. The number of rotatable bonds is 4. The molecule has 2 rings (SSSR count). The molecule has 0 saturated carbocycles. The van der Waals surface area contributed by atoms with E-state index >= 15 is 0 Å². The maximum absolute atomic E-state index is 11.7. The second-order valence-corrected chi connectivity index (χ2v) is 5.23. The number of amides is 1. The molecule has 0 spiro atoms. The first-order valence-corrected chi connectivity index (χ1v) is 7.13. The number of hydrogen-bond donors (Lipinski definition) is 1. The summed E-state index contributed by atoms with van der Waals surface area (Å²) in [5, 5.41) is 3.85. The zero-order valence-electron chi connectivity index (χ0n) is 11.5. The van der Waals surface area contributed by atoms with Gasteiger partial charge < -0.3 is 0 Å². The average Bonchev–Trinajstić information content (AvgIpc) is 2.49. The molecule has 1 aromatic heterocycles. The van der Waals surface area contributed by atoms with Crippen molar-refractivity contribution in [1.29, 1.82) is 0 Å². The zero-order chi connectivity index (χ0) is 15.1. The van der Waals surface area contributed by atoms with Crippen molar-refractivity contribution in [2.45, 2.75) is 6.92 Å². The number of pyridine rings is 1. The summed E-state index contributed by atoms with van der Waals surface area (Å²) in [6.07, 6.45) is 6.71. The first-order chi connectivity index (χ1) is 10.1.